The number of piperazine rings is 1. The van der Waals surface area contributed by atoms with Gasteiger partial charge in [0.1, 0.15) is 13.1 Å². The van der Waals surface area contributed by atoms with Crippen LogP contribution in [0.4, 0.5) is 4.48 Å². The van der Waals surface area contributed by atoms with Gasteiger partial charge < -0.3 is 4.90 Å². The number of nitrogens with zero attached hydrogens (tertiary/aromatic N) is 1. The lowest BCUT2D eigenvalue weighted by Crippen LogP contribution is -3.08. The van der Waals surface area contributed by atoms with E-state index >= 15 is 0 Å². The molecule has 0 saturated carbocycles. The molecule has 12 heavy (non-hydrogen) atoms. The Morgan fingerprint density at radius 1 is 1.42 bits per heavy atom. The first kappa shape index (κ1) is 9.45. The van der Waals surface area contributed by atoms with Gasteiger partial charge >= 0.3 is 0 Å². The molecule has 1 rings (SSSR count). The number of carbonyl (C=O) groups is 1. The molecule has 70 valence electrons. The SMILES string of the molecule is CC(C)C(=O)N1CC[NH+](F)CC1. The van der Waals surface area contributed by atoms with E-state index in [2.05, 4.69) is 0 Å². The summed E-state index contributed by atoms with van der Waals surface area (Å²) in [4.78, 5) is 13.1. The van der Waals surface area contributed by atoms with Gasteiger partial charge in [0.05, 0.1) is 13.1 Å². The smallest absolute Gasteiger partial charge is 0.225 e. The number of hydrogen-bond donors (Lipinski definition) is 1. The summed E-state index contributed by atoms with van der Waals surface area (Å²) in [6, 6.07) is 0. The second-order valence-electron chi connectivity index (χ2n) is 3.50. The Bertz CT molecular complexity index is 164. The fourth-order valence-electron chi connectivity index (χ4n) is 1.33. The summed E-state index contributed by atoms with van der Waals surface area (Å²) < 4.78 is 12.6. The van der Waals surface area contributed by atoms with Crippen molar-refractivity contribution >= 4 is 5.91 Å². The summed E-state index contributed by atoms with van der Waals surface area (Å²) in [6.45, 7) is 5.72. The number of hydrogen-bond acceptors (Lipinski definition) is 1. The van der Waals surface area contributed by atoms with Crippen LogP contribution in [-0.4, -0.2) is 37.0 Å². The molecule has 0 aromatic heterocycles. The van der Waals surface area contributed by atoms with Crippen molar-refractivity contribution in [1.82, 2.24) is 4.90 Å². The lowest BCUT2D eigenvalue weighted by Gasteiger charge is -2.28. The minimum Gasteiger partial charge on any atom is -0.331 e. The lowest BCUT2D eigenvalue weighted by molar-refractivity contribution is -1.04. The Labute approximate surface area is 72.1 Å². The number of halogens is 1. The minimum atomic E-state index is 0.0304. The van der Waals surface area contributed by atoms with Gasteiger partial charge in [-0.15, -0.1) is 5.12 Å². The maximum atomic E-state index is 12.6. The van der Waals surface area contributed by atoms with Gasteiger partial charge in [0.2, 0.25) is 5.91 Å². The van der Waals surface area contributed by atoms with Crippen molar-refractivity contribution in [2.24, 2.45) is 5.92 Å². The highest BCUT2D eigenvalue weighted by Gasteiger charge is 2.24. The van der Waals surface area contributed by atoms with Crippen LogP contribution in [0.3, 0.4) is 0 Å². The molecule has 1 heterocycles. The van der Waals surface area contributed by atoms with Crippen LogP contribution in [-0.2, 0) is 4.79 Å². The van der Waals surface area contributed by atoms with Crippen molar-refractivity contribution in [3.8, 4) is 0 Å². The van der Waals surface area contributed by atoms with E-state index in [0.717, 1.165) is 0 Å². The Hall–Kier alpha value is -0.640. The normalized spacial score (nSPS) is 20.2. The van der Waals surface area contributed by atoms with E-state index in [1.165, 1.54) is 0 Å². The van der Waals surface area contributed by atoms with Gasteiger partial charge in [-0.1, -0.05) is 13.8 Å². The molecule has 3 nitrogen and oxygen atoms in total. The third-order valence-corrected chi connectivity index (χ3v) is 2.11. The largest absolute Gasteiger partial charge is 0.331 e. The molecule has 0 radical (unpaired) electrons. The van der Waals surface area contributed by atoms with E-state index in [4.69, 9.17) is 0 Å². The zero-order valence-corrected chi connectivity index (χ0v) is 7.64. The molecule has 0 atom stereocenters. The summed E-state index contributed by atoms with van der Waals surface area (Å²) in [6.07, 6.45) is 0. The quantitative estimate of drug-likeness (QED) is 0.521. The summed E-state index contributed by atoms with van der Waals surface area (Å²) in [5.41, 5.74) is 0. The van der Waals surface area contributed by atoms with Crippen LogP contribution >= 0.6 is 0 Å². The van der Waals surface area contributed by atoms with Gasteiger partial charge in [-0.05, 0) is 4.48 Å². The highest BCUT2D eigenvalue weighted by molar-refractivity contribution is 5.78. The van der Waals surface area contributed by atoms with Crippen molar-refractivity contribution in [2.75, 3.05) is 26.2 Å². The molecule has 0 aromatic carbocycles. The van der Waals surface area contributed by atoms with Gasteiger partial charge in [0.25, 0.3) is 0 Å². The van der Waals surface area contributed by atoms with Crippen LogP contribution in [0.2, 0.25) is 0 Å². The summed E-state index contributed by atoms with van der Waals surface area (Å²) in [5, 5.41) is 0.0304. The summed E-state index contributed by atoms with van der Waals surface area (Å²) in [7, 11) is 0. The van der Waals surface area contributed by atoms with Crippen LogP contribution < -0.4 is 5.12 Å². The topological polar surface area (TPSA) is 24.8 Å². The average Bonchev–Trinajstić information content (AvgIpc) is 2.04. The fourth-order valence-corrected chi connectivity index (χ4v) is 1.33. The molecule has 1 N–H and O–H groups in total. The number of quaternary nitrogens is 1. The predicted molar refractivity (Wildman–Crippen MR) is 43.2 cm³/mol. The standard InChI is InChI=1S/C8H15FN2O/c1-7(2)8(12)10-3-5-11(9)6-4-10/h7H,3-6H2,1-2H3/p+1. The monoisotopic (exact) mass is 175 g/mol. The molecule has 1 amide bonds. The third kappa shape index (κ3) is 2.17. The lowest BCUT2D eigenvalue weighted by atomic mass is 10.2. The summed E-state index contributed by atoms with van der Waals surface area (Å²) in [5.74, 6) is 0.175. The molecule has 0 bridgehead atoms. The zero-order valence-electron chi connectivity index (χ0n) is 7.64. The molecule has 4 heteroatoms. The van der Waals surface area contributed by atoms with Crippen molar-refractivity contribution in [3.63, 3.8) is 0 Å². The molecule has 1 fully saturated rings. The molecule has 0 aromatic rings. The Balaban J connectivity index is 2.39. The maximum absolute atomic E-state index is 12.6. The van der Waals surface area contributed by atoms with E-state index in [9.17, 15) is 9.28 Å². The second kappa shape index (κ2) is 3.85. The second-order valence-corrected chi connectivity index (χ2v) is 3.50. The molecule has 1 saturated heterocycles. The molecular weight excluding hydrogens is 159 g/mol. The van der Waals surface area contributed by atoms with E-state index in [0.29, 0.717) is 26.2 Å². The molecule has 1 aliphatic heterocycles. The number of nitrogens with one attached hydrogen (secondary N) is 1. The first-order chi connectivity index (χ1) is 5.61. The third-order valence-electron chi connectivity index (χ3n) is 2.11. The first-order valence-corrected chi connectivity index (χ1v) is 4.40. The number of rotatable bonds is 1. The van der Waals surface area contributed by atoms with E-state index in [1.54, 1.807) is 4.90 Å². The van der Waals surface area contributed by atoms with Gasteiger partial charge in [-0.3, -0.25) is 4.79 Å². The summed E-state index contributed by atoms with van der Waals surface area (Å²) >= 11 is 0. The highest BCUT2D eigenvalue weighted by atomic mass is 19.2. The van der Waals surface area contributed by atoms with Crippen molar-refractivity contribution in [1.29, 1.82) is 0 Å². The molecule has 0 spiro atoms. The predicted octanol–water partition coefficient (Wildman–Crippen LogP) is -0.746. The van der Waals surface area contributed by atoms with Crippen molar-refractivity contribution < 1.29 is 14.4 Å². The van der Waals surface area contributed by atoms with Crippen molar-refractivity contribution in [2.45, 2.75) is 13.8 Å². The van der Waals surface area contributed by atoms with Crippen LogP contribution in [0.25, 0.3) is 0 Å². The maximum Gasteiger partial charge on any atom is 0.225 e. The Kier molecular flexibility index (Phi) is 3.03. The Morgan fingerprint density at radius 3 is 2.33 bits per heavy atom. The van der Waals surface area contributed by atoms with Gasteiger partial charge in [0.15, 0.2) is 0 Å². The first-order valence-electron chi connectivity index (χ1n) is 4.40. The van der Waals surface area contributed by atoms with Crippen LogP contribution in [0.15, 0.2) is 0 Å². The molecular formula is C8H16FN2O+. The molecule has 0 unspecified atom stereocenters. The molecule has 1 aliphatic rings. The highest BCUT2D eigenvalue weighted by Crippen LogP contribution is 2.00. The Morgan fingerprint density at radius 2 is 1.92 bits per heavy atom. The number of amides is 1. The van der Waals surface area contributed by atoms with Gasteiger partial charge in [-0.2, -0.15) is 0 Å². The van der Waals surface area contributed by atoms with E-state index in [-0.39, 0.29) is 16.9 Å². The van der Waals surface area contributed by atoms with Crippen LogP contribution in [0.5, 0.6) is 0 Å². The zero-order chi connectivity index (χ0) is 9.14. The number of carbonyl (C=O) groups excluding carboxylic acids is 1. The van der Waals surface area contributed by atoms with Gasteiger partial charge in [0, 0.05) is 5.92 Å². The fraction of sp³-hybridized carbons (Fsp3) is 0.875. The van der Waals surface area contributed by atoms with E-state index < -0.39 is 0 Å². The van der Waals surface area contributed by atoms with Crippen LogP contribution in [0, 0.1) is 5.92 Å². The van der Waals surface area contributed by atoms with Gasteiger partial charge in [-0.25, -0.2) is 0 Å². The van der Waals surface area contributed by atoms with E-state index in [1.807, 2.05) is 13.8 Å². The average molecular weight is 175 g/mol. The van der Waals surface area contributed by atoms with Crippen LogP contribution in [0.1, 0.15) is 13.8 Å². The molecule has 0 aliphatic carbocycles. The minimum absolute atomic E-state index is 0.0304. The van der Waals surface area contributed by atoms with Crippen molar-refractivity contribution in [3.05, 3.63) is 0 Å².